The number of carbonyl (C=O) groups is 3. The van der Waals surface area contributed by atoms with Crippen LogP contribution in [0.4, 0.5) is 15.8 Å². The summed E-state index contributed by atoms with van der Waals surface area (Å²) in [5.74, 6) is -1.22. The van der Waals surface area contributed by atoms with Crippen molar-refractivity contribution >= 4 is 40.7 Å². The molecule has 3 amide bonds. The third kappa shape index (κ3) is 3.33. The van der Waals surface area contributed by atoms with Crippen molar-refractivity contribution in [2.24, 2.45) is 0 Å². The first kappa shape index (κ1) is 20.3. The molecule has 2 aromatic carbocycles. The SMILES string of the molecule is CC12CCC(=O)N1c1ccccc1C(=O)N2CCCC(=O)Nc1cccc(Cl)c1F. The van der Waals surface area contributed by atoms with Crippen LogP contribution in [0.3, 0.4) is 0 Å². The van der Waals surface area contributed by atoms with Crippen LogP contribution in [0.15, 0.2) is 42.5 Å². The number of nitrogens with one attached hydrogen (secondary N) is 1. The molecule has 8 heteroatoms. The minimum atomic E-state index is -0.752. The van der Waals surface area contributed by atoms with Gasteiger partial charge in [0, 0.05) is 19.4 Å². The monoisotopic (exact) mass is 429 g/mol. The van der Waals surface area contributed by atoms with Gasteiger partial charge in [-0.15, -0.1) is 0 Å². The summed E-state index contributed by atoms with van der Waals surface area (Å²) >= 11 is 5.74. The van der Waals surface area contributed by atoms with Gasteiger partial charge in [0.25, 0.3) is 5.91 Å². The Hall–Kier alpha value is -2.93. The predicted octanol–water partition coefficient (Wildman–Crippen LogP) is 4.20. The van der Waals surface area contributed by atoms with Crippen LogP contribution in [-0.2, 0) is 9.59 Å². The third-order valence-electron chi connectivity index (χ3n) is 5.76. The van der Waals surface area contributed by atoms with Gasteiger partial charge in [-0.25, -0.2) is 4.39 Å². The summed E-state index contributed by atoms with van der Waals surface area (Å²) in [5.41, 5.74) is 0.390. The summed E-state index contributed by atoms with van der Waals surface area (Å²) in [6, 6.07) is 11.5. The highest BCUT2D eigenvalue weighted by molar-refractivity contribution is 6.31. The van der Waals surface area contributed by atoms with E-state index in [-0.39, 0.29) is 34.9 Å². The van der Waals surface area contributed by atoms with E-state index in [1.54, 1.807) is 34.1 Å². The standard InChI is InChI=1S/C22H21ClFN3O3/c1-22-12-11-19(29)27(22)17-9-3-2-6-14(17)21(30)26(22)13-5-10-18(28)25-16-8-4-7-15(23)20(16)24/h2-4,6-9H,5,10-13H2,1H3,(H,25,28). The molecule has 1 fully saturated rings. The van der Waals surface area contributed by atoms with Gasteiger partial charge in [-0.2, -0.15) is 0 Å². The first-order valence-corrected chi connectivity index (χ1v) is 10.2. The number of nitrogens with zero attached hydrogens (tertiary/aromatic N) is 2. The molecule has 1 saturated heterocycles. The first-order chi connectivity index (χ1) is 14.3. The van der Waals surface area contributed by atoms with Gasteiger partial charge in [0.2, 0.25) is 11.8 Å². The Balaban J connectivity index is 1.47. The topological polar surface area (TPSA) is 69.7 Å². The van der Waals surface area contributed by atoms with E-state index < -0.39 is 11.5 Å². The molecule has 1 N–H and O–H groups in total. The fourth-order valence-corrected chi connectivity index (χ4v) is 4.43. The van der Waals surface area contributed by atoms with Gasteiger partial charge < -0.3 is 10.2 Å². The molecule has 0 bridgehead atoms. The van der Waals surface area contributed by atoms with Gasteiger partial charge in [-0.05, 0) is 44.0 Å². The molecule has 2 heterocycles. The maximum atomic E-state index is 14.0. The normalized spacial score (nSPS) is 20.2. The molecule has 0 aromatic heterocycles. The largest absolute Gasteiger partial charge is 0.324 e. The summed E-state index contributed by atoms with van der Waals surface area (Å²) in [6.07, 6.45) is 1.37. The van der Waals surface area contributed by atoms with Crippen molar-refractivity contribution in [1.29, 1.82) is 0 Å². The first-order valence-electron chi connectivity index (χ1n) is 9.81. The zero-order chi connectivity index (χ0) is 21.5. The molecule has 156 valence electrons. The van der Waals surface area contributed by atoms with E-state index in [1.165, 1.54) is 12.1 Å². The van der Waals surface area contributed by atoms with Gasteiger partial charge in [0.1, 0.15) is 5.66 Å². The number of hydrogen-bond donors (Lipinski definition) is 1. The fraction of sp³-hybridized carbons (Fsp3) is 0.318. The number of benzene rings is 2. The van der Waals surface area contributed by atoms with Crippen molar-refractivity contribution in [3.8, 4) is 0 Å². The second kappa shape index (κ2) is 7.72. The second-order valence-electron chi connectivity index (χ2n) is 7.67. The van der Waals surface area contributed by atoms with E-state index in [0.717, 1.165) is 0 Å². The van der Waals surface area contributed by atoms with E-state index in [4.69, 9.17) is 11.6 Å². The van der Waals surface area contributed by atoms with Gasteiger partial charge in [0.05, 0.1) is 22.0 Å². The Morgan fingerprint density at radius 2 is 1.97 bits per heavy atom. The minimum absolute atomic E-state index is 0.0170. The van der Waals surface area contributed by atoms with Crippen molar-refractivity contribution in [1.82, 2.24) is 4.90 Å². The Bertz CT molecular complexity index is 1040. The summed E-state index contributed by atoms with van der Waals surface area (Å²) in [6.45, 7) is 2.19. The number of carbonyl (C=O) groups excluding carboxylic acids is 3. The lowest BCUT2D eigenvalue weighted by molar-refractivity contribution is -0.118. The number of halogens is 2. The van der Waals surface area contributed by atoms with Gasteiger partial charge >= 0.3 is 0 Å². The maximum Gasteiger partial charge on any atom is 0.257 e. The molecule has 2 aliphatic rings. The number of para-hydroxylation sites is 1. The zero-order valence-corrected chi connectivity index (χ0v) is 17.2. The summed E-state index contributed by atoms with van der Waals surface area (Å²) in [4.78, 5) is 41.3. The number of fused-ring (bicyclic) bond motifs is 3. The van der Waals surface area contributed by atoms with Crippen molar-refractivity contribution in [2.45, 2.75) is 38.3 Å². The molecule has 2 aromatic rings. The molecule has 6 nitrogen and oxygen atoms in total. The van der Waals surface area contributed by atoms with E-state index in [2.05, 4.69) is 5.32 Å². The lowest BCUT2D eigenvalue weighted by atomic mass is 9.98. The van der Waals surface area contributed by atoms with Gasteiger partial charge in [-0.1, -0.05) is 29.8 Å². The van der Waals surface area contributed by atoms with Crippen LogP contribution < -0.4 is 10.2 Å². The van der Waals surface area contributed by atoms with Crippen LogP contribution in [0, 0.1) is 5.82 Å². The molecule has 1 atom stereocenters. The lowest BCUT2D eigenvalue weighted by Crippen LogP contribution is -2.62. The molecule has 1 unspecified atom stereocenters. The average Bonchev–Trinajstić information content (AvgIpc) is 3.03. The second-order valence-corrected chi connectivity index (χ2v) is 8.08. The molecular formula is C22H21ClFN3O3. The molecule has 4 rings (SSSR count). The van der Waals surface area contributed by atoms with Crippen molar-refractivity contribution in [3.63, 3.8) is 0 Å². The van der Waals surface area contributed by atoms with E-state index >= 15 is 0 Å². The van der Waals surface area contributed by atoms with Crippen molar-refractivity contribution in [2.75, 3.05) is 16.8 Å². The number of hydrogen-bond acceptors (Lipinski definition) is 3. The van der Waals surface area contributed by atoms with Crippen LogP contribution in [0.1, 0.15) is 43.0 Å². The molecule has 30 heavy (non-hydrogen) atoms. The van der Waals surface area contributed by atoms with E-state index in [9.17, 15) is 18.8 Å². The smallest absolute Gasteiger partial charge is 0.257 e. The van der Waals surface area contributed by atoms with Gasteiger partial charge in [0.15, 0.2) is 5.82 Å². The van der Waals surface area contributed by atoms with Gasteiger partial charge in [-0.3, -0.25) is 19.3 Å². The zero-order valence-electron chi connectivity index (χ0n) is 16.5. The summed E-state index contributed by atoms with van der Waals surface area (Å²) in [5, 5.41) is 2.45. The summed E-state index contributed by atoms with van der Waals surface area (Å²) in [7, 11) is 0. The van der Waals surface area contributed by atoms with E-state index in [1.807, 2.05) is 13.0 Å². The van der Waals surface area contributed by atoms with Crippen LogP contribution in [0.25, 0.3) is 0 Å². The van der Waals surface area contributed by atoms with Crippen LogP contribution in [-0.4, -0.2) is 34.8 Å². The summed E-state index contributed by atoms with van der Waals surface area (Å²) < 4.78 is 14.0. The van der Waals surface area contributed by atoms with Crippen molar-refractivity contribution < 1.29 is 18.8 Å². The molecule has 0 radical (unpaired) electrons. The van der Waals surface area contributed by atoms with Crippen LogP contribution >= 0.6 is 11.6 Å². The van der Waals surface area contributed by atoms with Crippen LogP contribution in [0.5, 0.6) is 0 Å². The number of rotatable bonds is 5. The molecule has 0 saturated carbocycles. The predicted molar refractivity (Wildman–Crippen MR) is 112 cm³/mol. The van der Waals surface area contributed by atoms with Crippen LogP contribution in [0.2, 0.25) is 5.02 Å². The minimum Gasteiger partial charge on any atom is -0.324 e. The van der Waals surface area contributed by atoms with Crippen molar-refractivity contribution in [3.05, 3.63) is 58.9 Å². The quantitative estimate of drug-likeness (QED) is 0.774. The maximum absolute atomic E-state index is 14.0. The highest BCUT2D eigenvalue weighted by Crippen LogP contribution is 2.44. The average molecular weight is 430 g/mol. The Kier molecular flexibility index (Phi) is 5.24. The third-order valence-corrected chi connectivity index (χ3v) is 6.05. The molecule has 0 aliphatic carbocycles. The highest BCUT2D eigenvalue weighted by atomic mass is 35.5. The Morgan fingerprint density at radius 3 is 2.77 bits per heavy atom. The number of amides is 3. The molecule has 2 aliphatic heterocycles. The Morgan fingerprint density at radius 1 is 1.20 bits per heavy atom. The lowest BCUT2D eigenvalue weighted by Gasteiger charge is -2.48. The van der Waals surface area contributed by atoms with E-state index in [0.29, 0.717) is 37.1 Å². The molecular weight excluding hydrogens is 409 g/mol. The highest BCUT2D eigenvalue weighted by Gasteiger charge is 2.52. The molecule has 0 spiro atoms. The number of anilines is 2. The Labute approximate surface area is 178 Å². The fourth-order valence-electron chi connectivity index (χ4n) is 4.25.